The number of hydrogen-bond donors (Lipinski definition) is 1. The Morgan fingerprint density at radius 2 is 1.90 bits per heavy atom. The molecule has 0 radical (unpaired) electrons. The Kier molecular flexibility index (Phi) is 7.53. The SMILES string of the molecule is CCNC(=O)N1CCN(c2nc(C(C)C)nc(CC)c2Cc2cccc(Cl)c2)CC1. The van der Waals surface area contributed by atoms with Gasteiger partial charge in [-0.05, 0) is 31.0 Å². The van der Waals surface area contributed by atoms with E-state index >= 15 is 0 Å². The van der Waals surface area contributed by atoms with Crippen LogP contribution in [0.3, 0.4) is 0 Å². The molecule has 3 rings (SSSR count). The highest BCUT2D eigenvalue weighted by molar-refractivity contribution is 6.30. The molecule has 1 saturated heterocycles. The lowest BCUT2D eigenvalue weighted by Gasteiger charge is -2.36. The number of carbonyl (C=O) groups excluding carboxylic acids is 1. The maximum Gasteiger partial charge on any atom is 0.317 e. The molecule has 0 spiro atoms. The van der Waals surface area contributed by atoms with E-state index < -0.39 is 0 Å². The first-order valence-electron chi connectivity index (χ1n) is 10.8. The molecule has 7 heteroatoms. The molecule has 1 aliphatic rings. The number of carbonyl (C=O) groups is 1. The number of urea groups is 1. The molecule has 162 valence electrons. The van der Waals surface area contributed by atoms with Crippen molar-refractivity contribution >= 4 is 23.4 Å². The number of hydrogen-bond acceptors (Lipinski definition) is 4. The summed E-state index contributed by atoms with van der Waals surface area (Å²) in [6.07, 6.45) is 1.60. The third kappa shape index (κ3) is 5.22. The van der Waals surface area contributed by atoms with E-state index in [0.29, 0.717) is 19.6 Å². The maximum atomic E-state index is 12.2. The standard InChI is InChI=1S/C23H32ClN5O/c1-5-20-19(15-17-8-7-9-18(24)14-17)22(27-21(26-20)16(3)4)28-10-12-29(13-11-28)23(30)25-6-2/h7-9,14,16H,5-6,10-13,15H2,1-4H3,(H,25,30). The lowest BCUT2D eigenvalue weighted by molar-refractivity contribution is 0.195. The van der Waals surface area contributed by atoms with Crippen molar-refractivity contribution in [1.82, 2.24) is 20.2 Å². The van der Waals surface area contributed by atoms with Gasteiger partial charge in [0.2, 0.25) is 0 Å². The molecule has 30 heavy (non-hydrogen) atoms. The Hall–Kier alpha value is -2.34. The number of aromatic nitrogens is 2. The van der Waals surface area contributed by atoms with Gasteiger partial charge in [-0.1, -0.05) is 44.5 Å². The van der Waals surface area contributed by atoms with E-state index in [4.69, 9.17) is 21.6 Å². The second kappa shape index (κ2) is 10.1. The normalized spacial score (nSPS) is 14.3. The minimum absolute atomic E-state index is 0.0103. The Labute approximate surface area is 184 Å². The Morgan fingerprint density at radius 3 is 2.50 bits per heavy atom. The maximum absolute atomic E-state index is 12.2. The molecule has 2 heterocycles. The molecule has 0 atom stereocenters. The van der Waals surface area contributed by atoms with Gasteiger partial charge in [0.1, 0.15) is 11.6 Å². The molecule has 2 aromatic rings. The topological polar surface area (TPSA) is 61.4 Å². The van der Waals surface area contributed by atoms with E-state index in [1.54, 1.807) is 0 Å². The van der Waals surface area contributed by atoms with E-state index in [1.807, 2.05) is 30.0 Å². The lowest BCUT2D eigenvalue weighted by Crippen LogP contribution is -2.52. The number of piperazine rings is 1. The molecule has 1 aromatic heterocycles. The average Bonchev–Trinajstić information content (AvgIpc) is 2.74. The van der Waals surface area contributed by atoms with Crippen LogP contribution >= 0.6 is 11.6 Å². The van der Waals surface area contributed by atoms with Crippen LogP contribution in [0.4, 0.5) is 10.6 Å². The number of halogens is 1. The number of nitrogens with one attached hydrogen (secondary N) is 1. The smallest absolute Gasteiger partial charge is 0.317 e. The number of nitrogens with zero attached hydrogens (tertiary/aromatic N) is 4. The number of amides is 2. The van der Waals surface area contributed by atoms with Crippen LogP contribution in [0.2, 0.25) is 5.02 Å². The zero-order valence-electron chi connectivity index (χ0n) is 18.4. The second-order valence-corrected chi connectivity index (χ2v) is 8.39. The largest absolute Gasteiger partial charge is 0.353 e. The van der Waals surface area contributed by atoms with E-state index in [9.17, 15) is 4.79 Å². The minimum Gasteiger partial charge on any atom is -0.353 e. The van der Waals surface area contributed by atoms with Crippen LogP contribution in [0.1, 0.15) is 56.3 Å². The predicted octanol–water partition coefficient (Wildman–Crippen LogP) is 4.26. The van der Waals surface area contributed by atoms with Crippen molar-refractivity contribution in [1.29, 1.82) is 0 Å². The number of rotatable bonds is 6. The van der Waals surface area contributed by atoms with Crippen molar-refractivity contribution in [2.45, 2.75) is 46.5 Å². The summed E-state index contributed by atoms with van der Waals surface area (Å²) in [7, 11) is 0. The van der Waals surface area contributed by atoms with Crippen molar-refractivity contribution < 1.29 is 4.79 Å². The summed E-state index contributed by atoms with van der Waals surface area (Å²) in [6.45, 7) is 11.9. The fourth-order valence-electron chi connectivity index (χ4n) is 3.76. The third-order valence-electron chi connectivity index (χ3n) is 5.40. The first-order valence-corrected chi connectivity index (χ1v) is 11.2. The van der Waals surface area contributed by atoms with Gasteiger partial charge in [0, 0.05) is 61.3 Å². The summed E-state index contributed by atoms with van der Waals surface area (Å²) >= 11 is 6.23. The minimum atomic E-state index is 0.0103. The van der Waals surface area contributed by atoms with E-state index in [1.165, 1.54) is 0 Å². The fourth-order valence-corrected chi connectivity index (χ4v) is 3.98. The van der Waals surface area contributed by atoms with Crippen molar-refractivity contribution in [2.24, 2.45) is 0 Å². The summed E-state index contributed by atoms with van der Waals surface area (Å²) in [5.41, 5.74) is 3.41. The van der Waals surface area contributed by atoms with Gasteiger partial charge in [0.25, 0.3) is 0 Å². The average molecular weight is 430 g/mol. The summed E-state index contributed by atoms with van der Waals surface area (Å²) in [5, 5.41) is 3.63. The number of benzene rings is 1. The van der Waals surface area contributed by atoms with Crippen LogP contribution in [0.25, 0.3) is 0 Å². The van der Waals surface area contributed by atoms with Gasteiger partial charge in [-0.2, -0.15) is 0 Å². The van der Waals surface area contributed by atoms with Gasteiger partial charge in [0.05, 0.1) is 0 Å². The highest BCUT2D eigenvalue weighted by Crippen LogP contribution is 2.28. The fraction of sp³-hybridized carbons (Fsp3) is 0.522. The van der Waals surface area contributed by atoms with Gasteiger partial charge in [-0.15, -0.1) is 0 Å². The summed E-state index contributed by atoms with van der Waals surface area (Å²) in [4.78, 5) is 26.2. The van der Waals surface area contributed by atoms with Crippen molar-refractivity contribution in [3.05, 3.63) is 51.9 Å². The molecule has 1 aliphatic heterocycles. The molecule has 0 bridgehead atoms. The van der Waals surface area contributed by atoms with Crippen molar-refractivity contribution in [3.8, 4) is 0 Å². The highest BCUT2D eigenvalue weighted by atomic mass is 35.5. The molecule has 0 saturated carbocycles. The van der Waals surface area contributed by atoms with Gasteiger partial charge >= 0.3 is 6.03 Å². The second-order valence-electron chi connectivity index (χ2n) is 7.96. The van der Waals surface area contributed by atoms with Crippen LogP contribution in [-0.4, -0.2) is 53.6 Å². The summed E-state index contributed by atoms with van der Waals surface area (Å²) in [6, 6.07) is 7.99. The molecular weight excluding hydrogens is 398 g/mol. The molecule has 1 aromatic carbocycles. The van der Waals surface area contributed by atoms with Crippen LogP contribution in [-0.2, 0) is 12.8 Å². The van der Waals surface area contributed by atoms with Crippen molar-refractivity contribution in [3.63, 3.8) is 0 Å². The summed E-state index contributed by atoms with van der Waals surface area (Å²) < 4.78 is 0. The van der Waals surface area contributed by atoms with Crippen LogP contribution in [0.5, 0.6) is 0 Å². The Balaban J connectivity index is 1.93. The lowest BCUT2D eigenvalue weighted by atomic mass is 10.0. The Morgan fingerprint density at radius 1 is 1.17 bits per heavy atom. The van der Waals surface area contributed by atoms with Crippen LogP contribution in [0, 0.1) is 0 Å². The quantitative estimate of drug-likeness (QED) is 0.745. The molecule has 0 unspecified atom stereocenters. The molecule has 6 nitrogen and oxygen atoms in total. The first-order chi connectivity index (χ1) is 14.4. The molecule has 0 aliphatic carbocycles. The van der Waals surface area contributed by atoms with Gasteiger partial charge < -0.3 is 15.1 Å². The van der Waals surface area contributed by atoms with Gasteiger partial charge in [-0.25, -0.2) is 14.8 Å². The molecule has 1 N–H and O–H groups in total. The Bertz CT molecular complexity index is 878. The zero-order valence-corrected chi connectivity index (χ0v) is 19.2. The van der Waals surface area contributed by atoms with Crippen molar-refractivity contribution in [2.75, 3.05) is 37.6 Å². The third-order valence-corrected chi connectivity index (χ3v) is 5.64. The van der Waals surface area contributed by atoms with Gasteiger partial charge in [0.15, 0.2) is 0 Å². The first kappa shape index (κ1) is 22.3. The number of anilines is 1. The highest BCUT2D eigenvalue weighted by Gasteiger charge is 2.25. The van der Waals surface area contributed by atoms with E-state index in [2.05, 4.69) is 37.1 Å². The molecule has 2 amide bonds. The summed E-state index contributed by atoms with van der Waals surface area (Å²) in [5.74, 6) is 2.13. The van der Waals surface area contributed by atoms with E-state index in [-0.39, 0.29) is 11.9 Å². The predicted molar refractivity (Wildman–Crippen MR) is 123 cm³/mol. The zero-order chi connectivity index (χ0) is 21.7. The number of aryl methyl sites for hydroxylation is 1. The monoisotopic (exact) mass is 429 g/mol. The molecular formula is C23H32ClN5O. The van der Waals surface area contributed by atoms with Gasteiger partial charge in [-0.3, -0.25) is 0 Å². The van der Waals surface area contributed by atoms with Crippen LogP contribution in [0.15, 0.2) is 24.3 Å². The van der Waals surface area contributed by atoms with E-state index in [0.717, 1.165) is 59.4 Å². The molecule has 1 fully saturated rings. The van der Waals surface area contributed by atoms with Crippen LogP contribution < -0.4 is 10.2 Å².